The fourth-order valence-corrected chi connectivity index (χ4v) is 2.97. The van der Waals surface area contributed by atoms with Gasteiger partial charge in [-0.1, -0.05) is 0 Å². The number of carbonyl (C=O) groups is 1. The van der Waals surface area contributed by atoms with E-state index in [0.717, 1.165) is 39.0 Å². The third-order valence-corrected chi connectivity index (χ3v) is 3.82. The van der Waals surface area contributed by atoms with Gasteiger partial charge in [-0.15, -0.1) is 0 Å². The zero-order valence-electron chi connectivity index (χ0n) is 10.3. The van der Waals surface area contributed by atoms with E-state index >= 15 is 0 Å². The van der Waals surface area contributed by atoms with Crippen LogP contribution in [0.5, 0.6) is 0 Å². The van der Waals surface area contributed by atoms with E-state index in [1.165, 1.54) is 19.3 Å². The first-order chi connectivity index (χ1) is 7.77. The number of ketones is 1. The van der Waals surface area contributed by atoms with Crippen molar-refractivity contribution in [3.8, 4) is 0 Å². The number of unbranched alkanes of at least 4 members (excludes halogenated alkanes) is 1. The smallest absolute Gasteiger partial charge is 0.129 e. The number of rotatable bonds is 5. The third-order valence-electron chi connectivity index (χ3n) is 3.82. The number of hydrogen-bond acceptors (Lipinski definition) is 3. The van der Waals surface area contributed by atoms with E-state index < -0.39 is 0 Å². The van der Waals surface area contributed by atoms with Crippen molar-refractivity contribution < 1.29 is 9.53 Å². The molecule has 0 radical (unpaired) electrons. The molecule has 1 aliphatic heterocycles. The highest BCUT2D eigenvalue weighted by Gasteiger charge is 2.35. The van der Waals surface area contributed by atoms with E-state index in [2.05, 4.69) is 4.90 Å². The van der Waals surface area contributed by atoms with Crippen LogP contribution in [-0.4, -0.2) is 42.5 Å². The summed E-state index contributed by atoms with van der Waals surface area (Å²) < 4.78 is 5.78. The van der Waals surface area contributed by atoms with Crippen LogP contribution in [0, 0.1) is 0 Å². The molecule has 0 bridgehead atoms. The van der Waals surface area contributed by atoms with Crippen molar-refractivity contribution in [2.24, 2.45) is 0 Å². The van der Waals surface area contributed by atoms with Crippen LogP contribution in [0.1, 0.15) is 45.4 Å². The van der Waals surface area contributed by atoms with Gasteiger partial charge in [0.05, 0.1) is 12.7 Å². The van der Waals surface area contributed by atoms with Crippen molar-refractivity contribution in [3.63, 3.8) is 0 Å². The van der Waals surface area contributed by atoms with Gasteiger partial charge < -0.3 is 9.53 Å². The van der Waals surface area contributed by atoms with Crippen LogP contribution in [-0.2, 0) is 9.53 Å². The molecule has 0 amide bonds. The lowest BCUT2D eigenvalue weighted by molar-refractivity contribution is -0.117. The molecule has 2 fully saturated rings. The number of ether oxygens (including phenoxy) is 1. The summed E-state index contributed by atoms with van der Waals surface area (Å²) in [5, 5.41) is 0. The Morgan fingerprint density at radius 2 is 2.25 bits per heavy atom. The SMILES string of the molecule is CC(=O)CCCCN1CCOC2CCCC21. The zero-order chi connectivity index (χ0) is 11.4. The molecule has 0 N–H and O–H groups in total. The Kier molecular flexibility index (Phi) is 4.36. The summed E-state index contributed by atoms with van der Waals surface area (Å²) in [5.41, 5.74) is 0. The molecule has 2 atom stereocenters. The summed E-state index contributed by atoms with van der Waals surface area (Å²) in [7, 11) is 0. The van der Waals surface area contributed by atoms with Gasteiger partial charge in [0.2, 0.25) is 0 Å². The normalized spacial score (nSPS) is 30.3. The van der Waals surface area contributed by atoms with Gasteiger partial charge >= 0.3 is 0 Å². The van der Waals surface area contributed by atoms with Crippen LogP contribution >= 0.6 is 0 Å². The van der Waals surface area contributed by atoms with Gasteiger partial charge in [0.25, 0.3) is 0 Å². The van der Waals surface area contributed by atoms with Crippen molar-refractivity contribution in [1.82, 2.24) is 4.90 Å². The second-order valence-electron chi connectivity index (χ2n) is 5.10. The molecule has 1 aliphatic carbocycles. The molecule has 2 rings (SSSR count). The summed E-state index contributed by atoms with van der Waals surface area (Å²) in [6.45, 7) is 4.81. The first kappa shape index (κ1) is 12.1. The van der Waals surface area contributed by atoms with Gasteiger partial charge in [-0.05, 0) is 45.6 Å². The Morgan fingerprint density at radius 3 is 3.06 bits per heavy atom. The molecule has 2 unspecified atom stereocenters. The van der Waals surface area contributed by atoms with Gasteiger partial charge in [-0.2, -0.15) is 0 Å². The van der Waals surface area contributed by atoms with Crippen LogP contribution in [0.4, 0.5) is 0 Å². The lowest BCUT2D eigenvalue weighted by atomic mass is 10.1. The van der Waals surface area contributed by atoms with Gasteiger partial charge in [0.15, 0.2) is 0 Å². The van der Waals surface area contributed by atoms with Gasteiger partial charge in [-0.25, -0.2) is 0 Å². The topological polar surface area (TPSA) is 29.5 Å². The van der Waals surface area contributed by atoms with Gasteiger partial charge in [0.1, 0.15) is 5.78 Å². The monoisotopic (exact) mass is 225 g/mol. The highest BCUT2D eigenvalue weighted by Crippen LogP contribution is 2.29. The van der Waals surface area contributed by atoms with Crippen LogP contribution in [0.15, 0.2) is 0 Å². The second kappa shape index (κ2) is 5.78. The summed E-state index contributed by atoms with van der Waals surface area (Å²) in [5.74, 6) is 0.320. The minimum absolute atomic E-state index is 0.320. The molecule has 2 aliphatic rings. The Morgan fingerprint density at radius 1 is 1.38 bits per heavy atom. The maximum absolute atomic E-state index is 10.8. The molecule has 0 aromatic carbocycles. The molecule has 0 spiro atoms. The van der Waals surface area contributed by atoms with E-state index in [4.69, 9.17) is 4.74 Å². The van der Waals surface area contributed by atoms with Crippen LogP contribution in [0.2, 0.25) is 0 Å². The van der Waals surface area contributed by atoms with Crippen LogP contribution in [0.3, 0.4) is 0 Å². The molecular weight excluding hydrogens is 202 g/mol. The highest BCUT2D eigenvalue weighted by atomic mass is 16.5. The van der Waals surface area contributed by atoms with Gasteiger partial charge in [-0.3, -0.25) is 4.90 Å². The Bertz CT molecular complexity index is 242. The van der Waals surface area contributed by atoms with E-state index in [-0.39, 0.29) is 0 Å². The minimum Gasteiger partial charge on any atom is -0.375 e. The minimum atomic E-state index is 0.320. The van der Waals surface area contributed by atoms with Crippen molar-refractivity contribution in [3.05, 3.63) is 0 Å². The number of Topliss-reactive ketones (excluding diaryl/α,β-unsaturated/α-hetero) is 1. The van der Waals surface area contributed by atoms with E-state index in [1.807, 2.05) is 0 Å². The largest absolute Gasteiger partial charge is 0.375 e. The van der Waals surface area contributed by atoms with Crippen molar-refractivity contribution >= 4 is 5.78 Å². The maximum Gasteiger partial charge on any atom is 0.129 e. The summed E-state index contributed by atoms with van der Waals surface area (Å²) in [6.07, 6.45) is 7.32. The second-order valence-corrected chi connectivity index (χ2v) is 5.10. The number of fused-ring (bicyclic) bond motifs is 1. The first-order valence-electron chi connectivity index (χ1n) is 6.62. The molecule has 16 heavy (non-hydrogen) atoms. The first-order valence-corrected chi connectivity index (χ1v) is 6.62. The highest BCUT2D eigenvalue weighted by molar-refractivity contribution is 5.75. The van der Waals surface area contributed by atoms with Crippen molar-refractivity contribution in [2.75, 3.05) is 19.7 Å². The van der Waals surface area contributed by atoms with Gasteiger partial charge in [0, 0.05) is 19.0 Å². The Labute approximate surface area is 98.1 Å². The molecule has 3 heteroatoms. The molecule has 0 aromatic rings. The Balaban J connectivity index is 1.69. The molecule has 0 aromatic heterocycles. The summed E-state index contributed by atoms with van der Waals surface area (Å²) in [6, 6.07) is 0.672. The Hall–Kier alpha value is -0.410. The van der Waals surface area contributed by atoms with E-state index in [9.17, 15) is 4.79 Å². The average Bonchev–Trinajstić information content (AvgIpc) is 2.72. The number of morpholine rings is 1. The molecular formula is C13H23NO2. The number of hydrogen-bond donors (Lipinski definition) is 0. The standard InChI is InChI=1S/C13H23NO2/c1-11(15)5-2-3-8-14-9-10-16-13-7-4-6-12(13)14/h12-13H,2-10H2,1H3. The lowest BCUT2D eigenvalue weighted by Crippen LogP contribution is -2.48. The predicted molar refractivity (Wildman–Crippen MR) is 63.5 cm³/mol. The lowest BCUT2D eigenvalue weighted by Gasteiger charge is -2.37. The average molecular weight is 225 g/mol. The molecule has 1 saturated heterocycles. The summed E-state index contributed by atoms with van der Waals surface area (Å²) in [4.78, 5) is 13.4. The molecule has 1 heterocycles. The van der Waals surface area contributed by atoms with Crippen LogP contribution in [0.25, 0.3) is 0 Å². The van der Waals surface area contributed by atoms with E-state index in [1.54, 1.807) is 6.92 Å². The number of carbonyl (C=O) groups excluding carboxylic acids is 1. The predicted octanol–water partition coefficient (Wildman–Crippen LogP) is 2.00. The zero-order valence-corrected chi connectivity index (χ0v) is 10.3. The number of nitrogens with zero attached hydrogens (tertiary/aromatic N) is 1. The summed E-state index contributed by atoms with van der Waals surface area (Å²) >= 11 is 0. The van der Waals surface area contributed by atoms with E-state index in [0.29, 0.717) is 17.9 Å². The molecule has 92 valence electrons. The fraction of sp³-hybridized carbons (Fsp3) is 0.923. The van der Waals surface area contributed by atoms with Crippen molar-refractivity contribution in [2.45, 2.75) is 57.6 Å². The quantitative estimate of drug-likeness (QED) is 0.670. The van der Waals surface area contributed by atoms with Crippen molar-refractivity contribution in [1.29, 1.82) is 0 Å². The molecule has 3 nitrogen and oxygen atoms in total. The van der Waals surface area contributed by atoms with Crippen LogP contribution < -0.4 is 0 Å². The molecule has 1 saturated carbocycles. The maximum atomic E-state index is 10.8. The fourth-order valence-electron chi connectivity index (χ4n) is 2.97. The third kappa shape index (κ3) is 3.05.